The van der Waals surface area contributed by atoms with Crippen molar-refractivity contribution in [2.24, 2.45) is 4.99 Å². The first-order chi connectivity index (χ1) is 13.4. The average Bonchev–Trinajstić information content (AvgIpc) is 2.64. The van der Waals surface area contributed by atoms with E-state index in [0.717, 1.165) is 11.3 Å². The van der Waals surface area contributed by atoms with Crippen molar-refractivity contribution in [2.45, 2.75) is 33.0 Å². The average molecular weight is 514 g/mol. The van der Waals surface area contributed by atoms with Gasteiger partial charge in [-0.2, -0.15) is 0 Å². The molecule has 0 amide bonds. The molecule has 0 fully saturated rings. The number of hydrogen-bond acceptors (Lipinski definition) is 3. The Bertz CT molecular complexity index is 798. The van der Waals surface area contributed by atoms with Crippen molar-refractivity contribution in [2.75, 3.05) is 27.7 Å². The highest BCUT2D eigenvalue weighted by atomic mass is 127. The summed E-state index contributed by atoms with van der Waals surface area (Å²) in [5, 5.41) is 6.53. The summed E-state index contributed by atoms with van der Waals surface area (Å²) in [6, 6.07) is 13.2. The van der Waals surface area contributed by atoms with Gasteiger partial charge in [-0.1, -0.05) is 18.2 Å². The van der Waals surface area contributed by atoms with Gasteiger partial charge in [-0.3, -0.25) is 4.99 Å². The minimum Gasteiger partial charge on any atom is -0.489 e. The first-order valence-electron chi connectivity index (χ1n) is 9.47. The SMILES string of the molecule is CN=C(NCc1ccc(F)c(CN(C)C)c1)NCC(C)Oc1cccc(C)c1.I. The van der Waals surface area contributed by atoms with E-state index in [1.54, 1.807) is 13.1 Å². The van der Waals surface area contributed by atoms with Gasteiger partial charge in [0.25, 0.3) is 0 Å². The zero-order valence-electron chi connectivity index (χ0n) is 17.8. The fourth-order valence-electron chi connectivity index (χ4n) is 2.81. The molecule has 7 heteroatoms. The second-order valence-electron chi connectivity index (χ2n) is 7.22. The number of ether oxygens (including phenoxy) is 1. The van der Waals surface area contributed by atoms with Crippen molar-refractivity contribution >= 4 is 29.9 Å². The predicted octanol–water partition coefficient (Wildman–Crippen LogP) is 3.95. The zero-order valence-corrected chi connectivity index (χ0v) is 20.2. The number of hydrogen-bond donors (Lipinski definition) is 2. The third-order valence-electron chi connectivity index (χ3n) is 4.16. The van der Waals surface area contributed by atoms with Crippen LogP contribution in [0.1, 0.15) is 23.6 Å². The highest BCUT2D eigenvalue weighted by Crippen LogP contribution is 2.14. The summed E-state index contributed by atoms with van der Waals surface area (Å²) >= 11 is 0. The maximum atomic E-state index is 13.9. The van der Waals surface area contributed by atoms with Crippen LogP contribution in [0.4, 0.5) is 4.39 Å². The van der Waals surface area contributed by atoms with E-state index in [4.69, 9.17) is 4.74 Å². The van der Waals surface area contributed by atoms with Crippen LogP contribution in [0.5, 0.6) is 5.75 Å². The Hall–Kier alpha value is -1.87. The first-order valence-corrected chi connectivity index (χ1v) is 9.47. The molecule has 29 heavy (non-hydrogen) atoms. The van der Waals surface area contributed by atoms with Gasteiger partial charge in [0, 0.05) is 25.7 Å². The van der Waals surface area contributed by atoms with Crippen molar-refractivity contribution in [3.8, 4) is 5.75 Å². The van der Waals surface area contributed by atoms with Crippen molar-refractivity contribution in [3.63, 3.8) is 0 Å². The van der Waals surface area contributed by atoms with E-state index in [1.807, 2.05) is 63.2 Å². The molecule has 0 spiro atoms. The van der Waals surface area contributed by atoms with Gasteiger partial charge >= 0.3 is 0 Å². The van der Waals surface area contributed by atoms with Crippen molar-refractivity contribution in [1.82, 2.24) is 15.5 Å². The lowest BCUT2D eigenvalue weighted by Gasteiger charge is -2.18. The summed E-state index contributed by atoms with van der Waals surface area (Å²) in [6.07, 6.45) is -0.0159. The van der Waals surface area contributed by atoms with E-state index in [-0.39, 0.29) is 35.9 Å². The fraction of sp³-hybridized carbons (Fsp3) is 0.409. The van der Waals surface area contributed by atoms with E-state index in [2.05, 4.69) is 15.6 Å². The summed E-state index contributed by atoms with van der Waals surface area (Å²) in [7, 11) is 5.58. The van der Waals surface area contributed by atoms with Crippen molar-refractivity contribution < 1.29 is 9.13 Å². The molecule has 2 aromatic rings. The largest absolute Gasteiger partial charge is 0.489 e. The monoisotopic (exact) mass is 514 g/mol. The third kappa shape index (κ3) is 8.99. The number of aryl methyl sites for hydroxylation is 1. The Labute approximate surface area is 190 Å². The molecule has 2 N–H and O–H groups in total. The summed E-state index contributed by atoms with van der Waals surface area (Å²) < 4.78 is 19.8. The summed E-state index contributed by atoms with van der Waals surface area (Å²) in [5.74, 6) is 1.36. The Morgan fingerprint density at radius 2 is 1.93 bits per heavy atom. The number of rotatable bonds is 8. The van der Waals surface area contributed by atoms with Crippen LogP contribution in [0.15, 0.2) is 47.5 Å². The number of halogens is 2. The molecule has 160 valence electrons. The van der Waals surface area contributed by atoms with Gasteiger partial charge in [-0.05, 0) is 63.3 Å². The molecule has 0 saturated carbocycles. The minimum absolute atomic E-state index is 0. The van der Waals surface area contributed by atoms with Crippen LogP contribution in [0, 0.1) is 12.7 Å². The zero-order chi connectivity index (χ0) is 20.5. The van der Waals surface area contributed by atoms with Gasteiger partial charge in [-0.15, -0.1) is 24.0 Å². The topological polar surface area (TPSA) is 48.9 Å². The summed E-state index contributed by atoms with van der Waals surface area (Å²) in [5.41, 5.74) is 2.86. The van der Waals surface area contributed by atoms with Crippen molar-refractivity contribution in [3.05, 3.63) is 65.0 Å². The maximum Gasteiger partial charge on any atom is 0.191 e. The van der Waals surface area contributed by atoms with Crippen LogP contribution < -0.4 is 15.4 Å². The molecule has 0 radical (unpaired) electrons. The molecule has 2 aromatic carbocycles. The Balaban J connectivity index is 0.00000420. The molecule has 0 bridgehead atoms. The van der Waals surface area contributed by atoms with E-state index >= 15 is 0 Å². The maximum absolute atomic E-state index is 13.9. The molecular formula is C22H32FIN4O. The van der Waals surface area contributed by atoms with Gasteiger partial charge in [0.1, 0.15) is 17.7 Å². The van der Waals surface area contributed by atoms with E-state index < -0.39 is 0 Å². The van der Waals surface area contributed by atoms with Crippen LogP contribution in [-0.4, -0.2) is 44.7 Å². The molecule has 0 saturated heterocycles. The van der Waals surface area contributed by atoms with Gasteiger partial charge in [0.05, 0.1) is 6.54 Å². The first kappa shape index (κ1) is 25.2. The van der Waals surface area contributed by atoms with Crippen LogP contribution in [0.2, 0.25) is 0 Å². The van der Waals surface area contributed by atoms with E-state index in [9.17, 15) is 4.39 Å². The molecule has 0 aliphatic heterocycles. The lowest BCUT2D eigenvalue weighted by Crippen LogP contribution is -2.41. The molecule has 0 aliphatic rings. The summed E-state index contributed by atoms with van der Waals surface area (Å²) in [6.45, 7) is 5.80. The lowest BCUT2D eigenvalue weighted by atomic mass is 10.1. The highest BCUT2D eigenvalue weighted by Gasteiger charge is 2.08. The second kappa shape index (κ2) is 12.6. The van der Waals surface area contributed by atoms with Crippen molar-refractivity contribution in [1.29, 1.82) is 0 Å². The molecule has 5 nitrogen and oxygen atoms in total. The smallest absolute Gasteiger partial charge is 0.191 e. The van der Waals surface area contributed by atoms with Crippen LogP contribution >= 0.6 is 24.0 Å². The number of nitrogens with zero attached hydrogens (tertiary/aromatic N) is 2. The van der Waals surface area contributed by atoms with Gasteiger partial charge in [0.2, 0.25) is 0 Å². The molecular weight excluding hydrogens is 482 g/mol. The molecule has 0 aromatic heterocycles. The number of benzene rings is 2. The molecule has 2 rings (SSSR count). The minimum atomic E-state index is -0.179. The number of guanidine groups is 1. The Kier molecular flexibility index (Phi) is 11.0. The number of aliphatic imine (C=N–C) groups is 1. The van der Waals surface area contributed by atoms with Gasteiger partial charge in [0.15, 0.2) is 5.96 Å². The molecule has 1 atom stereocenters. The van der Waals surface area contributed by atoms with E-state index in [1.165, 1.54) is 11.6 Å². The quantitative estimate of drug-likeness (QED) is 0.319. The highest BCUT2D eigenvalue weighted by molar-refractivity contribution is 14.0. The van der Waals surface area contributed by atoms with Crippen LogP contribution in [-0.2, 0) is 13.1 Å². The molecule has 1 unspecified atom stereocenters. The van der Waals surface area contributed by atoms with Gasteiger partial charge < -0.3 is 20.3 Å². The second-order valence-corrected chi connectivity index (χ2v) is 7.22. The molecule has 0 heterocycles. The third-order valence-corrected chi connectivity index (χ3v) is 4.16. The Morgan fingerprint density at radius 3 is 2.59 bits per heavy atom. The molecule has 0 aliphatic carbocycles. The van der Waals surface area contributed by atoms with Gasteiger partial charge in [-0.25, -0.2) is 4.39 Å². The fourth-order valence-corrected chi connectivity index (χ4v) is 2.81. The van der Waals surface area contributed by atoms with E-state index in [0.29, 0.717) is 31.2 Å². The number of nitrogens with one attached hydrogen (secondary N) is 2. The lowest BCUT2D eigenvalue weighted by molar-refractivity contribution is 0.223. The van der Waals surface area contributed by atoms with Crippen LogP contribution in [0.3, 0.4) is 0 Å². The van der Waals surface area contributed by atoms with Crippen LogP contribution in [0.25, 0.3) is 0 Å². The standard InChI is InChI=1S/C22H31FN4O.HI/c1-16-7-6-8-20(11-16)28-17(2)13-25-22(24-3)26-14-18-9-10-21(23)19(12-18)15-27(4)5;/h6-12,17H,13-15H2,1-5H3,(H2,24,25,26);1H. The normalized spacial score (nSPS) is 12.3. The predicted molar refractivity (Wildman–Crippen MR) is 129 cm³/mol. The summed E-state index contributed by atoms with van der Waals surface area (Å²) in [4.78, 5) is 6.19. The Morgan fingerprint density at radius 1 is 1.17 bits per heavy atom.